The van der Waals surface area contributed by atoms with Crippen LogP contribution in [-0.2, 0) is 0 Å². The molecule has 14 aromatic heterocycles. The first kappa shape index (κ1) is 63.7. The van der Waals surface area contributed by atoms with Crippen molar-refractivity contribution in [3.63, 3.8) is 0 Å². The topological polar surface area (TPSA) is 19.7 Å². The fraction of sp³-hybridized carbons (Fsp3) is 0.101. The van der Waals surface area contributed by atoms with Crippen molar-refractivity contribution in [2.24, 2.45) is 0 Å². The summed E-state index contributed by atoms with van der Waals surface area (Å²) in [7, 11) is 0. The fourth-order valence-corrected chi connectivity index (χ4v) is 27.0. The Labute approximate surface area is 635 Å². The molecule has 22 rings (SSSR count). The first-order valence-electron chi connectivity index (χ1n) is 34.1. The van der Waals surface area contributed by atoms with Crippen molar-refractivity contribution in [3.8, 4) is 63.1 Å². The molecule has 0 N–H and O–H groups in total. The van der Waals surface area contributed by atoms with E-state index in [1.165, 1.54) is 228 Å². The first-order chi connectivity index (χ1) is 49.7. The van der Waals surface area contributed by atoms with Crippen LogP contribution in [0.2, 0.25) is 0 Å². The SMILES string of the molecule is C.Cc1ccc(-c2cc3c(s2)c2sc4cc5c(cc4c2n3-c2ccc(C)cc2)sc2c3sc(-c4ccc(C)cc4)cc3n(-c3ccc(C)cc3)c52)cc1.Cc1ccc(-n2c3cc(-c4ccc(C)s4)sc3c3sc4cc5c(cc4c32)sc2c3sc(-c4ccc(C)s4)cc3n(-c3ccc(C)cc3)c52)cc1. The van der Waals surface area contributed by atoms with E-state index in [0.717, 1.165) is 0 Å². The Morgan fingerprint density at radius 3 is 0.680 bits per heavy atom. The quantitative estimate of drug-likeness (QED) is 0.144. The van der Waals surface area contributed by atoms with Gasteiger partial charge in [-0.25, -0.2) is 0 Å². The number of hydrogen-bond donors (Lipinski definition) is 0. The highest BCUT2D eigenvalue weighted by Crippen LogP contribution is 2.56. The lowest BCUT2D eigenvalue weighted by molar-refractivity contribution is 1.18. The summed E-state index contributed by atoms with van der Waals surface area (Å²) >= 11 is 19.3. The zero-order chi connectivity index (χ0) is 68.2. The number of thiophene rings is 10. The molecule has 0 bridgehead atoms. The van der Waals surface area contributed by atoms with Gasteiger partial charge in [0.25, 0.3) is 0 Å². The van der Waals surface area contributed by atoms with Gasteiger partial charge in [0, 0.05) is 102 Å². The number of aromatic nitrogens is 4. The average molecular weight is 1510 g/mol. The van der Waals surface area contributed by atoms with E-state index in [1.807, 2.05) is 113 Å². The molecule has 0 aliphatic rings. The van der Waals surface area contributed by atoms with Crippen LogP contribution in [-0.4, -0.2) is 18.3 Å². The van der Waals surface area contributed by atoms with Crippen LogP contribution in [0.15, 0.2) is 218 Å². The van der Waals surface area contributed by atoms with Gasteiger partial charge >= 0.3 is 0 Å². The summed E-state index contributed by atoms with van der Waals surface area (Å²) in [6, 6.07) is 82.7. The lowest BCUT2D eigenvalue weighted by Crippen LogP contribution is -1.93. The smallest absolute Gasteiger partial charge is 0.0736 e. The minimum Gasteiger partial charge on any atom is -0.307 e. The van der Waals surface area contributed by atoms with Crippen molar-refractivity contribution in [1.29, 1.82) is 0 Å². The van der Waals surface area contributed by atoms with Crippen LogP contribution in [0.5, 0.6) is 0 Å². The molecule has 0 atom stereocenters. The summed E-state index contributed by atoms with van der Waals surface area (Å²) in [5.41, 5.74) is 25.6. The second-order valence-electron chi connectivity index (χ2n) is 27.3. The Kier molecular flexibility index (Phi) is 14.9. The number of benzene rings is 8. The summed E-state index contributed by atoms with van der Waals surface area (Å²) < 4.78 is 26.5. The van der Waals surface area contributed by atoms with Crippen LogP contribution in [0, 0.1) is 55.4 Å². The monoisotopic (exact) mass is 1510 g/mol. The van der Waals surface area contributed by atoms with Gasteiger partial charge in [-0.2, -0.15) is 0 Å². The van der Waals surface area contributed by atoms with E-state index in [4.69, 9.17) is 0 Å². The summed E-state index contributed by atoms with van der Waals surface area (Å²) in [6.45, 7) is 17.4. The zero-order valence-electron chi connectivity index (χ0n) is 56.7. The standard InChI is InChI=1S/C46H32N2S4.C42H28N2S6.CH4/c1-25-5-13-29(14-6-25)37-23-35-43(49-37)45-41(47(35)31-17-9-27(3)10-18-31)33-21-40-34(22-39(33)51-45)42-46(52-40)44-36(48(42)32-19-11-28(4)12-20-32)24-38(50-44)30-15-7-26(2)8-16-30;1-21-5-11-25(12-6-21)43-29-19-35(31-15-9-23(3)45-31)49-39(29)41-37(43)27-17-34-28(18-33(27)47-41)38-42(48-34)40-30(44(38)26-13-7-22(2)8-14-26)20-36(50-40)32-16-10-24(4)46-32;/h5-24H,1-4H3;5-20H,1-4H3;1H4. The maximum atomic E-state index is 2.53. The highest BCUT2D eigenvalue weighted by Gasteiger charge is 2.29. The highest BCUT2D eigenvalue weighted by molar-refractivity contribution is 7.36. The van der Waals surface area contributed by atoms with E-state index in [1.54, 1.807) is 0 Å². The molecule has 0 unspecified atom stereocenters. The molecule has 0 aliphatic carbocycles. The van der Waals surface area contributed by atoms with Crippen LogP contribution in [0.25, 0.3) is 185 Å². The van der Waals surface area contributed by atoms with E-state index in [2.05, 4.69) is 292 Å². The molecule has 22 aromatic rings. The van der Waals surface area contributed by atoms with Gasteiger partial charge in [-0.15, -0.1) is 113 Å². The number of aryl methyl sites for hydroxylation is 8. The molecule has 0 saturated carbocycles. The van der Waals surface area contributed by atoms with E-state index in [0.29, 0.717) is 0 Å². The Morgan fingerprint density at radius 2 is 0.437 bits per heavy atom. The number of hydrogen-bond acceptors (Lipinski definition) is 10. The predicted octanol–water partition coefficient (Wildman–Crippen LogP) is 30.8. The number of rotatable bonds is 8. The van der Waals surface area contributed by atoms with Crippen molar-refractivity contribution >= 4 is 235 Å². The van der Waals surface area contributed by atoms with E-state index in [-0.39, 0.29) is 7.43 Å². The van der Waals surface area contributed by atoms with Crippen LogP contribution in [0.3, 0.4) is 0 Å². The van der Waals surface area contributed by atoms with Gasteiger partial charge in [0.05, 0.1) is 81.7 Å². The van der Waals surface area contributed by atoms with Crippen molar-refractivity contribution in [3.05, 3.63) is 262 Å². The minimum atomic E-state index is 0. The maximum absolute atomic E-state index is 2.53. The summed E-state index contributed by atoms with van der Waals surface area (Å²) in [5, 5.41) is 5.36. The van der Waals surface area contributed by atoms with Gasteiger partial charge < -0.3 is 18.3 Å². The van der Waals surface area contributed by atoms with Crippen molar-refractivity contribution in [2.75, 3.05) is 0 Å². The van der Waals surface area contributed by atoms with Gasteiger partial charge in [-0.1, -0.05) is 138 Å². The van der Waals surface area contributed by atoms with Crippen molar-refractivity contribution in [1.82, 2.24) is 18.3 Å². The molecule has 0 amide bonds. The third-order valence-electron chi connectivity index (χ3n) is 20.2. The molecule has 8 aromatic carbocycles. The fourth-order valence-electron chi connectivity index (χ4n) is 15.1. The number of fused-ring (bicyclic) bond motifs is 20. The first-order valence-corrected chi connectivity index (χ1v) is 42.3. The Hall–Kier alpha value is -9.00. The van der Waals surface area contributed by atoms with Crippen molar-refractivity contribution in [2.45, 2.75) is 62.8 Å². The second-order valence-corrected chi connectivity index (χ2v) is 38.3. The number of nitrogens with zero attached hydrogens (tertiary/aromatic N) is 4. The van der Waals surface area contributed by atoms with Gasteiger partial charge in [-0.05, 0) is 188 Å². The molecular weight excluding hydrogens is 1450 g/mol. The van der Waals surface area contributed by atoms with E-state index in [9.17, 15) is 0 Å². The minimum absolute atomic E-state index is 0. The van der Waals surface area contributed by atoms with Crippen LogP contribution < -0.4 is 0 Å². The molecule has 4 nitrogen and oxygen atoms in total. The van der Waals surface area contributed by atoms with Gasteiger partial charge in [0.2, 0.25) is 0 Å². The predicted molar refractivity (Wildman–Crippen MR) is 465 cm³/mol. The van der Waals surface area contributed by atoms with Gasteiger partial charge in [-0.3, -0.25) is 0 Å². The molecular formula is C89H64N4S10. The van der Waals surface area contributed by atoms with E-state index >= 15 is 0 Å². The molecule has 103 heavy (non-hydrogen) atoms. The van der Waals surface area contributed by atoms with Gasteiger partial charge in [0.15, 0.2) is 0 Å². The van der Waals surface area contributed by atoms with Crippen LogP contribution in [0.1, 0.15) is 50.6 Å². The summed E-state index contributed by atoms with van der Waals surface area (Å²) in [5.74, 6) is 0. The molecule has 0 saturated heterocycles. The van der Waals surface area contributed by atoms with Crippen LogP contribution >= 0.6 is 113 Å². The zero-order valence-corrected chi connectivity index (χ0v) is 64.8. The molecule has 0 spiro atoms. The average Bonchev–Trinajstić information content (AvgIpc) is 1.54. The lowest BCUT2D eigenvalue weighted by Gasteiger charge is -2.09. The molecule has 14 heteroatoms. The van der Waals surface area contributed by atoms with Crippen LogP contribution in [0.4, 0.5) is 0 Å². The second kappa shape index (κ2) is 24.0. The third kappa shape index (κ3) is 10.0. The molecule has 0 radical (unpaired) electrons. The molecule has 14 heterocycles. The molecule has 500 valence electrons. The summed E-state index contributed by atoms with van der Waals surface area (Å²) in [6.07, 6.45) is 0. The maximum Gasteiger partial charge on any atom is 0.0736 e. The Morgan fingerprint density at radius 1 is 0.204 bits per heavy atom. The third-order valence-corrected chi connectivity index (χ3v) is 32.4. The highest BCUT2D eigenvalue weighted by atomic mass is 32.1. The molecule has 0 aliphatic heterocycles. The largest absolute Gasteiger partial charge is 0.307 e. The lowest BCUT2D eigenvalue weighted by atomic mass is 10.1. The molecule has 0 fully saturated rings. The Bertz CT molecular complexity index is 6730. The van der Waals surface area contributed by atoms with Gasteiger partial charge in [0.1, 0.15) is 0 Å². The summed E-state index contributed by atoms with van der Waals surface area (Å²) in [4.78, 5) is 10.7. The normalized spacial score (nSPS) is 12.2. The van der Waals surface area contributed by atoms with E-state index < -0.39 is 0 Å². The van der Waals surface area contributed by atoms with Crippen molar-refractivity contribution < 1.29 is 0 Å². The Balaban J connectivity index is 0.000000136.